The number of ether oxygens (including phenoxy) is 6. The summed E-state index contributed by atoms with van der Waals surface area (Å²) in [6.07, 6.45) is 38.5. The highest BCUT2D eigenvalue weighted by molar-refractivity contribution is 7.46. The summed E-state index contributed by atoms with van der Waals surface area (Å²) < 4.78 is 73.4. The molecule has 11 atom stereocenters. The van der Waals surface area contributed by atoms with Gasteiger partial charge in [0.2, 0.25) is 11.8 Å². The highest BCUT2D eigenvalue weighted by Crippen LogP contribution is 2.44. The number of hydrogen-bond acceptors (Lipinski definition) is 14. The van der Waals surface area contributed by atoms with Crippen molar-refractivity contribution in [2.45, 2.75) is 371 Å². The zero-order valence-electron chi connectivity index (χ0n) is 57.4. The molecule has 91 heavy (non-hydrogen) atoms. The van der Waals surface area contributed by atoms with Crippen LogP contribution < -0.4 is 10.6 Å². The van der Waals surface area contributed by atoms with Crippen molar-refractivity contribution in [2.75, 3.05) is 33.5 Å². The number of aliphatic hydroxyl groups excluding tert-OH is 2. The number of carbonyl (C=O) groups is 2. The fourth-order valence-corrected chi connectivity index (χ4v) is 13.0. The Hall–Kier alpha value is -1.68. The molecule has 11 unspecified atom stereocenters. The van der Waals surface area contributed by atoms with Gasteiger partial charge in [-0.05, 0) is 83.5 Å². The number of nitrogens with one attached hydrogen (secondary N) is 2. The number of phosphoric ester groups is 2. The lowest BCUT2D eigenvalue weighted by atomic mass is 9.95. The van der Waals surface area contributed by atoms with Gasteiger partial charge in [-0.2, -0.15) is 0 Å². The Labute approximate surface area is 550 Å². The lowest BCUT2D eigenvalue weighted by Gasteiger charge is -2.47. The first-order valence-corrected chi connectivity index (χ1v) is 39.4. The van der Waals surface area contributed by atoms with Gasteiger partial charge >= 0.3 is 15.6 Å². The number of methoxy groups -OCH3 is 1. The van der Waals surface area contributed by atoms with E-state index in [9.17, 15) is 48.5 Å². The fraction of sp³-hybridized carbons (Fsp3) is 0.913. The van der Waals surface area contributed by atoms with Crippen molar-refractivity contribution >= 4 is 27.5 Å². The lowest BCUT2D eigenvalue weighted by molar-refractivity contribution is -0.301. The minimum absolute atomic E-state index is 0.0930. The maximum atomic E-state index is 14.1. The molecule has 0 aromatic heterocycles. The first-order chi connectivity index (χ1) is 44.0. The van der Waals surface area contributed by atoms with Crippen LogP contribution in [0.15, 0.2) is 24.3 Å². The van der Waals surface area contributed by atoms with Crippen LogP contribution in [0.3, 0.4) is 0 Å². The minimum atomic E-state index is -5.33. The number of phosphoric acid groups is 2. The summed E-state index contributed by atoms with van der Waals surface area (Å²) in [5.41, 5.74) is 0. The maximum absolute atomic E-state index is 14.1. The monoisotopic (exact) mass is 1340 g/mol. The van der Waals surface area contributed by atoms with Gasteiger partial charge in [0, 0.05) is 33.2 Å². The van der Waals surface area contributed by atoms with Crippen molar-refractivity contribution in [1.82, 2.24) is 10.6 Å². The Kier molecular flexibility index (Phi) is 51.9. The van der Waals surface area contributed by atoms with Crippen LogP contribution in [0.2, 0.25) is 0 Å². The molecule has 0 bridgehead atoms. The van der Waals surface area contributed by atoms with Crippen molar-refractivity contribution in [3.05, 3.63) is 24.3 Å². The summed E-state index contributed by atoms with van der Waals surface area (Å²) in [6, 6.07) is -2.70. The zero-order valence-corrected chi connectivity index (χ0v) is 59.2. The highest BCUT2D eigenvalue weighted by Gasteiger charge is 2.53. The molecule has 0 aliphatic carbocycles. The molecule has 20 nitrogen and oxygen atoms in total. The summed E-state index contributed by atoms with van der Waals surface area (Å²) in [5.74, 6) is -0.862. The maximum Gasteiger partial charge on any atom is 0.472 e. The van der Waals surface area contributed by atoms with Gasteiger partial charge in [0.1, 0.15) is 48.7 Å². The van der Waals surface area contributed by atoms with Crippen molar-refractivity contribution in [2.24, 2.45) is 0 Å². The van der Waals surface area contributed by atoms with Crippen LogP contribution in [0.1, 0.15) is 304 Å². The van der Waals surface area contributed by atoms with E-state index in [2.05, 4.69) is 62.6 Å². The average Bonchev–Trinajstić information content (AvgIpc) is 0.836. The number of unbranched alkanes of at least 4 members (excludes halogenated alkanes) is 33. The number of amides is 2. The second kappa shape index (κ2) is 55.3. The molecule has 0 saturated carbocycles. The van der Waals surface area contributed by atoms with E-state index in [1.54, 1.807) is 0 Å². The van der Waals surface area contributed by atoms with Crippen LogP contribution in [0, 0.1) is 0 Å². The molecule has 2 rings (SSSR count). The van der Waals surface area contributed by atoms with Gasteiger partial charge in [-0.3, -0.25) is 18.6 Å². The molecule has 2 fully saturated rings. The van der Waals surface area contributed by atoms with Crippen LogP contribution in [0.5, 0.6) is 0 Å². The molecule has 2 aliphatic heterocycles. The SMILES string of the molecule is CCCCCC/C=C/CCCCCCCCCC(=O)NC1C(OP(=O)(O)O)OC(COC2OC(COC)C(OP(=O)(O)O)C(OCCC(O)CCCCCCC)C2NC(=O)CCCCCCCCC/C=C/CCCCCC)C(O)C1OCCCCCCCCCC. The molecule has 2 heterocycles. The number of carbonyl (C=O) groups excluding carboxylic acids is 2. The molecule has 0 spiro atoms. The Bertz CT molecular complexity index is 1910. The van der Waals surface area contributed by atoms with Gasteiger partial charge in [0.15, 0.2) is 12.6 Å². The third-order valence-corrected chi connectivity index (χ3v) is 18.3. The van der Waals surface area contributed by atoms with Crippen LogP contribution in [0.25, 0.3) is 0 Å². The third kappa shape index (κ3) is 44.0. The third-order valence-electron chi connectivity index (χ3n) is 17.3. The van der Waals surface area contributed by atoms with E-state index in [1.807, 2.05) is 0 Å². The van der Waals surface area contributed by atoms with E-state index in [0.717, 1.165) is 173 Å². The predicted octanol–water partition coefficient (Wildman–Crippen LogP) is 15.1. The van der Waals surface area contributed by atoms with Crippen LogP contribution >= 0.6 is 15.6 Å². The van der Waals surface area contributed by atoms with Crippen molar-refractivity contribution in [1.29, 1.82) is 0 Å². The summed E-state index contributed by atoms with van der Waals surface area (Å²) in [5, 5.41) is 29.1. The first-order valence-electron chi connectivity index (χ1n) is 36.4. The van der Waals surface area contributed by atoms with Gasteiger partial charge in [-0.25, -0.2) is 9.13 Å². The normalized spacial score (nSPS) is 22.8. The smallest absolute Gasteiger partial charge is 0.393 e. The molecular weight excluding hydrogens is 1210 g/mol. The van der Waals surface area contributed by atoms with E-state index in [-0.39, 0.29) is 39.1 Å². The van der Waals surface area contributed by atoms with Gasteiger partial charge in [0.25, 0.3) is 0 Å². The van der Waals surface area contributed by atoms with E-state index in [1.165, 1.54) is 64.9 Å². The molecule has 8 N–H and O–H groups in total. The minimum Gasteiger partial charge on any atom is -0.393 e. The van der Waals surface area contributed by atoms with E-state index in [4.69, 9.17) is 37.5 Å². The standard InChI is InChI=1S/C69H132N2O18P2/c1-6-10-14-18-21-24-26-28-30-32-34-36-38-42-46-50-60(73)70-62-66(83-53-48-44-40-23-20-16-12-8-3)64(75)58(86-69(62)89-91(79,80)81)56-85-68-63(71-61(74)51-47-43-39-37-35-33-31-29-27-25-22-19-15-11-7-2)67(65(88-90(76,77)78)59(87-68)55-82-5)84-54-52-57(72)49-45-41-17-13-9-4/h24-27,57-59,62-69,72,75H,6-23,28-56H2,1-5H3,(H,70,73)(H,71,74)(H2,76,77,78)(H2,79,80,81)/b26-24+,27-25+. The quantitative estimate of drug-likeness (QED) is 0.0159. The van der Waals surface area contributed by atoms with Crippen LogP contribution in [-0.4, -0.2) is 143 Å². The second-order valence-corrected chi connectivity index (χ2v) is 28.1. The molecule has 0 aromatic rings. The Balaban J connectivity index is 2.36. The summed E-state index contributed by atoms with van der Waals surface area (Å²) in [6.45, 7) is 7.92. The Morgan fingerprint density at radius 3 is 1.27 bits per heavy atom. The van der Waals surface area contributed by atoms with Gasteiger partial charge in [-0.15, -0.1) is 0 Å². The first kappa shape index (κ1) is 85.4. The lowest BCUT2D eigenvalue weighted by Crippen LogP contribution is -2.67. The highest BCUT2D eigenvalue weighted by atomic mass is 31.2. The summed E-state index contributed by atoms with van der Waals surface area (Å²) in [7, 11) is -9.24. The molecule has 536 valence electrons. The molecule has 22 heteroatoms. The average molecular weight is 1340 g/mol. The van der Waals surface area contributed by atoms with Gasteiger partial charge in [0.05, 0.1) is 19.3 Å². The number of rotatable bonds is 61. The topological polar surface area (TPSA) is 288 Å². The molecular formula is C69H132N2O18P2. The molecule has 2 amide bonds. The summed E-state index contributed by atoms with van der Waals surface area (Å²) >= 11 is 0. The van der Waals surface area contributed by atoms with Gasteiger partial charge < -0.3 is 68.8 Å². The Morgan fingerprint density at radius 1 is 0.440 bits per heavy atom. The zero-order chi connectivity index (χ0) is 66.6. The van der Waals surface area contributed by atoms with E-state index >= 15 is 0 Å². The molecule has 2 aliphatic rings. The number of aliphatic hydroxyl groups is 2. The number of hydrogen-bond donors (Lipinski definition) is 8. The van der Waals surface area contributed by atoms with Crippen LogP contribution in [0.4, 0.5) is 0 Å². The van der Waals surface area contributed by atoms with Crippen molar-refractivity contribution in [3.63, 3.8) is 0 Å². The molecule has 0 aromatic carbocycles. The van der Waals surface area contributed by atoms with Crippen molar-refractivity contribution in [3.8, 4) is 0 Å². The molecule has 2 saturated heterocycles. The van der Waals surface area contributed by atoms with E-state index in [0.29, 0.717) is 25.7 Å². The van der Waals surface area contributed by atoms with E-state index < -0.39 is 101 Å². The largest absolute Gasteiger partial charge is 0.472 e. The second-order valence-electron chi connectivity index (χ2n) is 25.7. The van der Waals surface area contributed by atoms with Crippen LogP contribution in [-0.2, 0) is 56.2 Å². The predicted molar refractivity (Wildman–Crippen MR) is 360 cm³/mol. The Morgan fingerprint density at radius 2 is 0.824 bits per heavy atom. The van der Waals surface area contributed by atoms with Gasteiger partial charge in [-0.1, -0.05) is 232 Å². The number of allylic oxidation sites excluding steroid dienone is 4. The fourth-order valence-electron chi connectivity index (χ4n) is 12.0. The molecule has 0 radical (unpaired) electrons. The van der Waals surface area contributed by atoms with Crippen molar-refractivity contribution < 1.29 is 86.0 Å². The summed E-state index contributed by atoms with van der Waals surface area (Å²) in [4.78, 5) is 69.0.